The molecular formula is C16H24N4O2S3. The molecule has 138 valence electrons. The van der Waals surface area contributed by atoms with Gasteiger partial charge in [0.1, 0.15) is 4.21 Å². The smallest absolute Gasteiger partial charge is 0.252 e. The second-order valence-electron chi connectivity index (χ2n) is 5.66. The van der Waals surface area contributed by atoms with E-state index in [1.807, 2.05) is 13.1 Å². The van der Waals surface area contributed by atoms with Crippen LogP contribution in [0.5, 0.6) is 0 Å². The maximum Gasteiger partial charge on any atom is 0.252 e. The number of nitrogens with zero attached hydrogens (tertiary/aromatic N) is 3. The minimum atomic E-state index is -3.37. The molecule has 6 nitrogen and oxygen atoms in total. The highest BCUT2D eigenvalue weighted by Crippen LogP contribution is 2.23. The van der Waals surface area contributed by atoms with Gasteiger partial charge in [-0.2, -0.15) is 0 Å². The molecule has 1 N–H and O–H groups in total. The van der Waals surface area contributed by atoms with Crippen molar-refractivity contribution in [3.05, 3.63) is 39.4 Å². The largest absolute Gasteiger partial charge is 0.351 e. The van der Waals surface area contributed by atoms with Gasteiger partial charge in [-0.1, -0.05) is 6.07 Å². The molecule has 0 saturated carbocycles. The molecule has 0 aliphatic rings. The van der Waals surface area contributed by atoms with Gasteiger partial charge in [0.05, 0.1) is 6.54 Å². The summed E-state index contributed by atoms with van der Waals surface area (Å²) in [6.07, 6.45) is 0.971. The molecule has 0 radical (unpaired) electrons. The zero-order valence-corrected chi connectivity index (χ0v) is 17.3. The minimum Gasteiger partial charge on any atom is -0.351 e. The minimum absolute atomic E-state index is 0.357. The Hall–Kier alpha value is -1.42. The lowest BCUT2D eigenvalue weighted by Crippen LogP contribution is -2.39. The molecular weight excluding hydrogens is 376 g/mol. The second kappa shape index (κ2) is 8.79. The number of hydrogen-bond donors (Lipinski definition) is 1. The fraction of sp³-hybridized carbons (Fsp3) is 0.438. The van der Waals surface area contributed by atoms with Gasteiger partial charge >= 0.3 is 0 Å². The summed E-state index contributed by atoms with van der Waals surface area (Å²) in [5.41, 5.74) is 0. The average molecular weight is 401 g/mol. The molecule has 0 aliphatic heterocycles. The summed E-state index contributed by atoms with van der Waals surface area (Å²) in [5.74, 6) is 0.793. The summed E-state index contributed by atoms with van der Waals surface area (Å²) < 4.78 is 25.8. The van der Waals surface area contributed by atoms with Crippen LogP contribution in [-0.2, 0) is 23.0 Å². The van der Waals surface area contributed by atoms with E-state index in [1.165, 1.54) is 34.6 Å². The van der Waals surface area contributed by atoms with Crippen LogP contribution in [0.2, 0.25) is 0 Å². The number of guanidine groups is 1. The monoisotopic (exact) mass is 400 g/mol. The molecule has 0 fully saturated rings. The Morgan fingerprint density at radius 1 is 1.20 bits per heavy atom. The van der Waals surface area contributed by atoms with Crippen LogP contribution in [0.4, 0.5) is 0 Å². The van der Waals surface area contributed by atoms with Crippen molar-refractivity contribution >= 4 is 38.7 Å². The molecule has 0 saturated heterocycles. The highest BCUT2D eigenvalue weighted by molar-refractivity contribution is 7.91. The molecule has 2 aromatic heterocycles. The van der Waals surface area contributed by atoms with E-state index in [4.69, 9.17) is 0 Å². The van der Waals surface area contributed by atoms with Gasteiger partial charge in [0, 0.05) is 44.5 Å². The Morgan fingerprint density at radius 2 is 1.96 bits per heavy atom. The van der Waals surface area contributed by atoms with Crippen molar-refractivity contribution in [3.63, 3.8) is 0 Å². The van der Waals surface area contributed by atoms with Crippen molar-refractivity contribution in [2.75, 3.05) is 34.7 Å². The van der Waals surface area contributed by atoms with E-state index in [2.05, 4.69) is 32.7 Å². The third-order valence-electron chi connectivity index (χ3n) is 3.64. The normalized spacial score (nSPS) is 12.6. The first-order valence-corrected chi connectivity index (χ1v) is 10.9. The first-order chi connectivity index (χ1) is 11.8. The molecule has 0 spiro atoms. The van der Waals surface area contributed by atoms with Crippen LogP contribution in [0, 0.1) is 0 Å². The van der Waals surface area contributed by atoms with Crippen molar-refractivity contribution in [1.82, 2.24) is 14.5 Å². The van der Waals surface area contributed by atoms with E-state index >= 15 is 0 Å². The molecule has 0 aliphatic carbocycles. The summed E-state index contributed by atoms with van der Waals surface area (Å²) in [4.78, 5) is 8.67. The lowest BCUT2D eigenvalue weighted by atomic mass is 10.3. The molecule has 0 unspecified atom stereocenters. The van der Waals surface area contributed by atoms with E-state index in [0.717, 1.165) is 23.8 Å². The van der Waals surface area contributed by atoms with Gasteiger partial charge in [-0.3, -0.25) is 4.99 Å². The van der Waals surface area contributed by atoms with Gasteiger partial charge in [0.2, 0.25) is 0 Å². The number of aliphatic imine (C=N–C) groups is 1. The quantitative estimate of drug-likeness (QED) is 0.572. The van der Waals surface area contributed by atoms with Crippen molar-refractivity contribution in [2.24, 2.45) is 4.99 Å². The third kappa shape index (κ3) is 5.27. The Bertz CT molecular complexity index is 795. The van der Waals surface area contributed by atoms with Gasteiger partial charge in [0.15, 0.2) is 5.96 Å². The van der Waals surface area contributed by atoms with Crippen molar-refractivity contribution in [1.29, 1.82) is 0 Å². The second-order valence-corrected chi connectivity index (χ2v) is 10.2. The third-order valence-corrected chi connectivity index (χ3v) is 7.94. The van der Waals surface area contributed by atoms with Crippen molar-refractivity contribution < 1.29 is 8.42 Å². The lowest BCUT2D eigenvalue weighted by molar-refractivity contribution is 0.487. The highest BCUT2D eigenvalue weighted by atomic mass is 32.2. The van der Waals surface area contributed by atoms with Crippen LogP contribution < -0.4 is 5.32 Å². The van der Waals surface area contributed by atoms with Gasteiger partial charge in [-0.15, -0.1) is 22.7 Å². The van der Waals surface area contributed by atoms with E-state index in [1.54, 1.807) is 24.5 Å². The van der Waals surface area contributed by atoms with Gasteiger partial charge in [-0.25, -0.2) is 12.7 Å². The van der Waals surface area contributed by atoms with Crippen molar-refractivity contribution in [2.45, 2.75) is 17.2 Å². The maximum atomic E-state index is 12.1. The Morgan fingerprint density at radius 3 is 2.56 bits per heavy atom. The van der Waals surface area contributed by atoms with E-state index in [-0.39, 0.29) is 0 Å². The van der Waals surface area contributed by atoms with Crippen LogP contribution in [0.1, 0.15) is 9.75 Å². The van der Waals surface area contributed by atoms with E-state index in [0.29, 0.717) is 10.8 Å². The number of nitrogens with one attached hydrogen (secondary N) is 1. The number of likely N-dealkylation sites (N-methyl/N-ethyl adjacent to an activating group) is 1. The van der Waals surface area contributed by atoms with Crippen LogP contribution >= 0.6 is 22.7 Å². The number of sulfonamides is 1. The van der Waals surface area contributed by atoms with Gasteiger partial charge < -0.3 is 10.2 Å². The fourth-order valence-electron chi connectivity index (χ4n) is 2.16. The van der Waals surface area contributed by atoms with Crippen LogP contribution in [0.3, 0.4) is 0 Å². The molecule has 0 aromatic carbocycles. The molecule has 0 atom stereocenters. The summed E-state index contributed by atoms with van der Waals surface area (Å²) in [5, 5.41) is 5.37. The number of thiophene rings is 2. The molecule has 0 amide bonds. The first-order valence-electron chi connectivity index (χ1n) is 7.80. The summed E-state index contributed by atoms with van der Waals surface area (Å²) in [6.45, 7) is 1.41. The fourth-order valence-corrected chi connectivity index (χ4v) is 5.32. The highest BCUT2D eigenvalue weighted by Gasteiger charge is 2.19. The molecule has 2 rings (SSSR count). The molecule has 0 bridgehead atoms. The van der Waals surface area contributed by atoms with Crippen LogP contribution in [0.25, 0.3) is 0 Å². The maximum absolute atomic E-state index is 12.1. The molecule has 2 aromatic rings. The van der Waals surface area contributed by atoms with Crippen LogP contribution in [0.15, 0.2) is 38.8 Å². The predicted molar refractivity (Wildman–Crippen MR) is 106 cm³/mol. The summed E-state index contributed by atoms with van der Waals surface area (Å²) in [6, 6.07) is 7.68. The zero-order valence-electron chi connectivity index (χ0n) is 14.9. The Labute approximate surface area is 157 Å². The van der Waals surface area contributed by atoms with E-state index < -0.39 is 10.0 Å². The van der Waals surface area contributed by atoms with Gasteiger partial charge in [0.25, 0.3) is 10.0 Å². The molecule has 25 heavy (non-hydrogen) atoms. The SMILES string of the molecule is CN=C(NCc1ccc(S(=O)(=O)N(C)C)s1)N(C)CCc1cccs1. The summed E-state index contributed by atoms with van der Waals surface area (Å²) in [7, 11) is 3.46. The average Bonchev–Trinajstić information content (AvgIpc) is 3.25. The topological polar surface area (TPSA) is 65.0 Å². The molecule has 9 heteroatoms. The number of rotatable bonds is 7. The molecule has 2 heterocycles. The lowest BCUT2D eigenvalue weighted by Gasteiger charge is -2.21. The standard InChI is InChI=1S/C16H24N4O2S3/c1-17-16(20(4)10-9-13-6-5-11-23-13)18-12-14-7-8-15(24-14)25(21,22)19(2)3/h5-8,11H,9-10,12H2,1-4H3,(H,17,18). The first kappa shape index (κ1) is 19.9. The van der Waals surface area contributed by atoms with Crippen LogP contribution in [-0.4, -0.2) is 58.3 Å². The Balaban J connectivity index is 1.91. The number of hydrogen-bond acceptors (Lipinski definition) is 5. The zero-order chi connectivity index (χ0) is 18.4. The Kier molecular flexibility index (Phi) is 7.00. The predicted octanol–water partition coefficient (Wildman–Crippen LogP) is 2.31. The van der Waals surface area contributed by atoms with Crippen molar-refractivity contribution in [3.8, 4) is 0 Å². The van der Waals surface area contributed by atoms with E-state index in [9.17, 15) is 8.42 Å². The van der Waals surface area contributed by atoms with Gasteiger partial charge in [-0.05, 0) is 30.0 Å². The summed E-state index contributed by atoms with van der Waals surface area (Å²) >= 11 is 3.04.